The molecule has 46 heavy (non-hydrogen) atoms. The minimum absolute atomic E-state index is 0.209. The Labute approximate surface area is 267 Å². The van der Waals surface area contributed by atoms with E-state index in [1.165, 1.54) is 33.0 Å². The van der Waals surface area contributed by atoms with Gasteiger partial charge in [0.05, 0.1) is 11.0 Å². The van der Waals surface area contributed by atoms with Crippen LogP contribution in [0.4, 0.5) is 0 Å². The summed E-state index contributed by atoms with van der Waals surface area (Å²) < 4.78 is 2.27. The van der Waals surface area contributed by atoms with Crippen molar-refractivity contribution in [3.63, 3.8) is 0 Å². The van der Waals surface area contributed by atoms with Gasteiger partial charge in [-0.3, -0.25) is 4.57 Å². The first-order valence-electron chi connectivity index (χ1n) is 15.7. The summed E-state index contributed by atoms with van der Waals surface area (Å²) in [6.45, 7) is 4.67. The lowest BCUT2D eigenvalue weighted by atomic mass is 9.81. The van der Waals surface area contributed by atoms with Crippen molar-refractivity contribution in [2.75, 3.05) is 0 Å². The molecular formula is C42H30N4. The van der Waals surface area contributed by atoms with Crippen LogP contribution in [0.1, 0.15) is 25.0 Å². The smallest absolute Gasteiger partial charge is 0.238 e. The molecule has 0 unspecified atom stereocenters. The molecule has 0 radical (unpaired) electrons. The van der Waals surface area contributed by atoms with E-state index in [0.29, 0.717) is 17.6 Å². The van der Waals surface area contributed by atoms with E-state index in [9.17, 15) is 0 Å². The summed E-state index contributed by atoms with van der Waals surface area (Å²) in [5, 5.41) is 2.38. The second-order valence-electron chi connectivity index (χ2n) is 12.5. The molecule has 0 N–H and O–H groups in total. The van der Waals surface area contributed by atoms with Crippen LogP contribution in [-0.4, -0.2) is 19.5 Å². The molecule has 0 aliphatic heterocycles. The monoisotopic (exact) mass is 590 g/mol. The van der Waals surface area contributed by atoms with Crippen LogP contribution in [0.5, 0.6) is 0 Å². The summed E-state index contributed by atoms with van der Waals surface area (Å²) >= 11 is 0. The van der Waals surface area contributed by atoms with E-state index in [1.807, 2.05) is 24.3 Å². The number of nitrogens with zero attached hydrogens (tertiary/aromatic N) is 4. The van der Waals surface area contributed by atoms with Gasteiger partial charge in [-0.1, -0.05) is 147 Å². The average molecular weight is 591 g/mol. The van der Waals surface area contributed by atoms with Gasteiger partial charge in [0, 0.05) is 27.3 Å². The number of hydrogen-bond donors (Lipinski definition) is 0. The predicted molar refractivity (Wildman–Crippen MR) is 188 cm³/mol. The van der Waals surface area contributed by atoms with Crippen LogP contribution in [0.25, 0.3) is 72.8 Å². The third kappa shape index (κ3) is 3.97. The number of para-hydroxylation sites is 1. The molecule has 0 atom stereocenters. The lowest BCUT2D eigenvalue weighted by molar-refractivity contribution is 0.663. The van der Waals surface area contributed by atoms with Crippen molar-refractivity contribution < 1.29 is 0 Å². The van der Waals surface area contributed by atoms with Crippen molar-refractivity contribution in [3.8, 4) is 51.0 Å². The molecule has 4 heteroatoms. The maximum Gasteiger partial charge on any atom is 0.238 e. The van der Waals surface area contributed by atoms with Crippen molar-refractivity contribution in [1.82, 2.24) is 19.5 Å². The first-order chi connectivity index (χ1) is 22.6. The third-order valence-corrected chi connectivity index (χ3v) is 9.44. The van der Waals surface area contributed by atoms with Crippen molar-refractivity contribution in [3.05, 3.63) is 157 Å². The molecule has 4 nitrogen and oxygen atoms in total. The largest absolute Gasteiger partial charge is 0.277 e. The van der Waals surface area contributed by atoms with Crippen LogP contribution in [0.15, 0.2) is 146 Å². The zero-order valence-electron chi connectivity index (χ0n) is 25.6. The standard InChI is InChI=1S/C42H30N4/c1-42(2)35-22-11-9-20-31(35)33-24-25-34-32-21-10-12-23-36(32)46(38(34)37(33)42)41-44-39(28-16-7-4-8-17-28)43-40(45-41)30-19-13-18-29(26-30)27-14-5-3-6-15-27/h3-26H,1-2H3. The van der Waals surface area contributed by atoms with E-state index in [0.717, 1.165) is 33.3 Å². The second-order valence-corrected chi connectivity index (χ2v) is 12.5. The Kier molecular flexibility index (Phi) is 5.81. The molecule has 218 valence electrons. The minimum Gasteiger partial charge on any atom is -0.277 e. The van der Waals surface area contributed by atoms with Crippen LogP contribution in [0, 0.1) is 0 Å². The van der Waals surface area contributed by atoms with Gasteiger partial charge >= 0.3 is 0 Å². The summed E-state index contributed by atoms with van der Waals surface area (Å²) in [6.07, 6.45) is 0. The number of rotatable bonds is 4. The normalized spacial score (nSPS) is 13.2. The SMILES string of the molecule is CC1(C)c2ccccc2-c2ccc3c4ccccc4n(-c4nc(-c5ccccc5)nc(-c5cccc(-c6ccccc6)c5)n4)c3c21. The van der Waals surface area contributed by atoms with Crippen LogP contribution in [-0.2, 0) is 5.41 Å². The second kappa shape index (κ2) is 10.1. The fourth-order valence-electron chi connectivity index (χ4n) is 7.30. The van der Waals surface area contributed by atoms with E-state index >= 15 is 0 Å². The topological polar surface area (TPSA) is 43.6 Å². The highest BCUT2D eigenvalue weighted by Crippen LogP contribution is 2.52. The molecule has 2 heterocycles. The molecule has 0 saturated carbocycles. The van der Waals surface area contributed by atoms with Crippen LogP contribution in [0.3, 0.4) is 0 Å². The molecule has 9 rings (SSSR count). The Balaban J connectivity index is 1.36. The van der Waals surface area contributed by atoms with Gasteiger partial charge in [0.2, 0.25) is 5.95 Å². The van der Waals surface area contributed by atoms with Gasteiger partial charge in [0.1, 0.15) is 0 Å². The van der Waals surface area contributed by atoms with Gasteiger partial charge in [-0.05, 0) is 45.5 Å². The molecule has 0 fully saturated rings. The number of fused-ring (bicyclic) bond motifs is 7. The Morgan fingerprint density at radius 1 is 0.478 bits per heavy atom. The fourth-order valence-corrected chi connectivity index (χ4v) is 7.30. The quantitative estimate of drug-likeness (QED) is 0.205. The maximum atomic E-state index is 5.27. The van der Waals surface area contributed by atoms with Gasteiger partial charge in [0.25, 0.3) is 0 Å². The van der Waals surface area contributed by atoms with Crippen molar-refractivity contribution >= 4 is 21.8 Å². The molecule has 0 amide bonds. The van der Waals surface area contributed by atoms with Crippen molar-refractivity contribution in [1.29, 1.82) is 0 Å². The summed E-state index contributed by atoms with van der Waals surface area (Å²) in [7, 11) is 0. The Morgan fingerprint density at radius 3 is 1.91 bits per heavy atom. The number of hydrogen-bond acceptors (Lipinski definition) is 3. The van der Waals surface area contributed by atoms with E-state index in [4.69, 9.17) is 15.0 Å². The first-order valence-corrected chi connectivity index (χ1v) is 15.7. The minimum atomic E-state index is -0.209. The van der Waals surface area contributed by atoms with E-state index in [-0.39, 0.29) is 5.41 Å². The highest BCUT2D eigenvalue weighted by molar-refractivity contribution is 6.13. The number of aromatic nitrogens is 4. The van der Waals surface area contributed by atoms with Crippen LogP contribution < -0.4 is 0 Å². The van der Waals surface area contributed by atoms with Crippen LogP contribution >= 0.6 is 0 Å². The van der Waals surface area contributed by atoms with Crippen molar-refractivity contribution in [2.24, 2.45) is 0 Å². The maximum absolute atomic E-state index is 5.27. The van der Waals surface area contributed by atoms with E-state index in [2.05, 4.69) is 140 Å². The Hall–Kier alpha value is -5.87. The van der Waals surface area contributed by atoms with Gasteiger partial charge in [0.15, 0.2) is 11.6 Å². The highest BCUT2D eigenvalue weighted by Gasteiger charge is 2.38. The molecule has 0 saturated heterocycles. The molecule has 8 aromatic rings. The molecule has 0 spiro atoms. The van der Waals surface area contributed by atoms with Gasteiger partial charge in [-0.15, -0.1) is 0 Å². The molecular weight excluding hydrogens is 560 g/mol. The van der Waals surface area contributed by atoms with E-state index < -0.39 is 0 Å². The Morgan fingerprint density at radius 2 is 1.11 bits per heavy atom. The number of benzene rings is 6. The molecule has 2 aromatic heterocycles. The lowest BCUT2D eigenvalue weighted by Crippen LogP contribution is -2.17. The zero-order valence-corrected chi connectivity index (χ0v) is 25.6. The van der Waals surface area contributed by atoms with Crippen molar-refractivity contribution in [2.45, 2.75) is 19.3 Å². The van der Waals surface area contributed by atoms with Gasteiger partial charge < -0.3 is 0 Å². The summed E-state index contributed by atoms with van der Waals surface area (Å²) in [5.41, 5.74) is 11.4. The summed E-state index contributed by atoms with van der Waals surface area (Å²) in [5.74, 6) is 1.90. The van der Waals surface area contributed by atoms with E-state index in [1.54, 1.807) is 0 Å². The first kappa shape index (κ1) is 26.5. The van der Waals surface area contributed by atoms with Gasteiger partial charge in [-0.25, -0.2) is 4.98 Å². The summed E-state index contributed by atoms with van der Waals surface area (Å²) in [6, 6.07) is 51.1. The Bertz CT molecular complexity index is 2440. The molecule has 6 aromatic carbocycles. The van der Waals surface area contributed by atoms with Gasteiger partial charge in [-0.2, -0.15) is 9.97 Å². The highest BCUT2D eigenvalue weighted by atomic mass is 15.2. The predicted octanol–water partition coefficient (Wildman–Crippen LogP) is 10.3. The van der Waals surface area contributed by atoms with Crippen LogP contribution in [0.2, 0.25) is 0 Å². The molecule has 1 aliphatic rings. The lowest BCUT2D eigenvalue weighted by Gasteiger charge is -2.23. The summed E-state index contributed by atoms with van der Waals surface area (Å²) in [4.78, 5) is 15.6. The average Bonchev–Trinajstić information content (AvgIpc) is 3.57. The third-order valence-electron chi connectivity index (χ3n) is 9.44. The molecule has 0 bridgehead atoms. The fraction of sp³-hybridized carbons (Fsp3) is 0.0714. The molecule has 1 aliphatic carbocycles. The zero-order chi connectivity index (χ0) is 30.8.